The standard InChI is InChI=1S/C53H80N4O19/c1-40(2)50(53(63)54-41(3)51(61)55-45-10-6-44(7-11-45)39-76-42(4)58)56-52(62)47(57-48(59)14-15-49(57)60)38-43-8-12-46(13-9-43)75-37-36-74-35-34-73-33-32-72-31-30-71-29-28-70-27-26-69-25-24-68-23-22-67-21-20-66-19-18-65-17-16-64-5/h6-15,40-41,47,50H,16-39H2,1-5H3,(H,54,63)(H,55,61)(H,56,62)/t41-,47-,50-/m0/s1. The molecule has 1 heterocycles. The molecule has 0 radical (unpaired) electrons. The molecular formula is C53H80N4O19. The lowest BCUT2D eigenvalue weighted by molar-refractivity contribution is -0.146. The van der Waals surface area contributed by atoms with E-state index in [9.17, 15) is 28.8 Å². The van der Waals surface area contributed by atoms with E-state index >= 15 is 0 Å². The summed E-state index contributed by atoms with van der Waals surface area (Å²) in [6, 6.07) is 10.1. The summed E-state index contributed by atoms with van der Waals surface area (Å²) in [7, 11) is 1.63. The number of anilines is 1. The van der Waals surface area contributed by atoms with Crippen molar-refractivity contribution >= 4 is 41.2 Å². The highest BCUT2D eigenvalue weighted by Crippen LogP contribution is 2.19. The fraction of sp³-hybridized carbons (Fsp3) is 0.623. The number of esters is 1. The zero-order valence-corrected chi connectivity index (χ0v) is 44.8. The van der Waals surface area contributed by atoms with Crippen molar-refractivity contribution in [3.8, 4) is 5.75 Å². The van der Waals surface area contributed by atoms with Crippen LogP contribution >= 0.6 is 0 Å². The number of rotatable bonds is 46. The lowest BCUT2D eigenvalue weighted by Crippen LogP contribution is -2.58. The van der Waals surface area contributed by atoms with Crippen LogP contribution in [0.2, 0.25) is 0 Å². The molecule has 426 valence electrons. The summed E-state index contributed by atoms with van der Waals surface area (Å²) in [5.41, 5.74) is 1.80. The van der Waals surface area contributed by atoms with Crippen molar-refractivity contribution in [2.24, 2.45) is 5.92 Å². The summed E-state index contributed by atoms with van der Waals surface area (Å²) < 4.78 is 70.5. The smallest absolute Gasteiger partial charge is 0.302 e. The highest BCUT2D eigenvalue weighted by Gasteiger charge is 2.38. The second kappa shape index (κ2) is 40.8. The third-order valence-electron chi connectivity index (χ3n) is 10.7. The highest BCUT2D eigenvalue weighted by molar-refractivity contribution is 6.15. The molecule has 0 fully saturated rings. The van der Waals surface area contributed by atoms with Gasteiger partial charge in [0, 0.05) is 38.3 Å². The third-order valence-corrected chi connectivity index (χ3v) is 10.7. The fourth-order valence-corrected chi connectivity index (χ4v) is 6.68. The van der Waals surface area contributed by atoms with Gasteiger partial charge in [-0.25, -0.2) is 0 Å². The molecular weight excluding hydrogens is 997 g/mol. The number of imide groups is 1. The van der Waals surface area contributed by atoms with Gasteiger partial charge in [-0.05, 0) is 48.2 Å². The van der Waals surface area contributed by atoms with Crippen molar-refractivity contribution in [2.45, 2.75) is 58.8 Å². The zero-order chi connectivity index (χ0) is 55.0. The van der Waals surface area contributed by atoms with Crippen molar-refractivity contribution in [3.05, 3.63) is 71.8 Å². The lowest BCUT2D eigenvalue weighted by Gasteiger charge is -2.29. The Labute approximate surface area is 446 Å². The minimum atomic E-state index is -1.29. The first-order valence-electron chi connectivity index (χ1n) is 25.6. The van der Waals surface area contributed by atoms with Crippen molar-refractivity contribution in [1.29, 1.82) is 0 Å². The number of benzene rings is 2. The van der Waals surface area contributed by atoms with Crippen molar-refractivity contribution in [3.63, 3.8) is 0 Å². The van der Waals surface area contributed by atoms with Crippen LogP contribution < -0.4 is 20.7 Å². The Hall–Kier alpha value is -5.44. The number of ether oxygens (including phenoxy) is 13. The average Bonchev–Trinajstić information content (AvgIpc) is 3.74. The Morgan fingerprint density at radius 2 is 0.882 bits per heavy atom. The number of carbonyl (C=O) groups excluding carboxylic acids is 6. The van der Waals surface area contributed by atoms with E-state index < -0.39 is 59.5 Å². The van der Waals surface area contributed by atoms with Crippen molar-refractivity contribution < 1.29 is 90.3 Å². The maximum atomic E-state index is 13.9. The van der Waals surface area contributed by atoms with Crippen LogP contribution in [0.3, 0.4) is 0 Å². The van der Waals surface area contributed by atoms with E-state index in [1.807, 2.05) is 0 Å². The Morgan fingerprint density at radius 1 is 0.487 bits per heavy atom. The first kappa shape index (κ1) is 64.8. The summed E-state index contributed by atoms with van der Waals surface area (Å²) in [6.45, 7) is 16.3. The van der Waals surface area contributed by atoms with Gasteiger partial charge in [0.2, 0.25) is 17.7 Å². The van der Waals surface area contributed by atoms with E-state index in [2.05, 4.69) is 16.0 Å². The number of carbonyl (C=O) groups is 6. The molecule has 1 aliphatic rings. The van der Waals surface area contributed by atoms with Gasteiger partial charge in [0.25, 0.3) is 11.8 Å². The number of hydrogen-bond donors (Lipinski definition) is 3. The number of nitrogens with one attached hydrogen (secondary N) is 3. The Balaban J connectivity index is 1.20. The van der Waals surface area contributed by atoms with Crippen LogP contribution in [0.1, 0.15) is 38.8 Å². The molecule has 0 aliphatic carbocycles. The minimum absolute atomic E-state index is 0.0476. The van der Waals surface area contributed by atoms with E-state index in [4.69, 9.17) is 61.6 Å². The van der Waals surface area contributed by atoms with Crippen LogP contribution in [-0.4, -0.2) is 211 Å². The first-order valence-corrected chi connectivity index (χ1v) is 25.6. The van der Waals surface area contributed by atoms with Crippen molar-refractivity contribution in [1.82, 2.24) is 15.5 Å². The summed E-state index contributed by atoms with van der Waals surface area (Å²) in [6.07, 6.45) is 2.13. The minimum Gasteiger partial charge on any atom is -0.491 e. The van der Waals surface area contributed by atoms with Gasteiger partial charge in [-0.3, -0.25) is 33.7 Å². The SMILES string of the molecule is COCCOCCOCCOCCOCCOCCOCCOCCOCCOCCOCCOc1ccc(C[C@@H](C(=O)N[C@H](C(=O)N[C@@H](C)C(=O)Nc2ccc(COC(C)=O)cc2)C(C)C)N2C(=O)C=CC2=O)cc1. The third kappa shape index (κ3) is 29.2. The quantitative estimate of drug-likeness (QED) is 0.0487. The fourth-order valence-electron chi connectivity index (χ4n) is 6.68. The monoisotopic (exact) mass is 1080 g/mol. The van der Waals surface area contributed by atoms with E-state index in [1.165, 1.54) is 13.8 Å². The Bertz CT molecular complexity index is 1960. The summed E-state index contributed by atoms with van der Waals surface area (Å²) in [5.74, 6) is -3.51. The molecule has 0 spiro atoms. The van der Waals surface area contributed by atoms with Gasteiger partial charge < -0.3 is 77.5 Å². The second-order valence-electron chi connectivity index (χ2n) is 17.1. The Morgan fingerprint density at radius 3 is 1.28 bits per heavy atom. The first-order chi connectivity index (χ1) is 36.9. The lowest BCUT2D eigenvalue weighted by atomic mass is 10.00. The topological polar surface area (TPSA) is 262 Å². The molecule has 76 heavy (non-hydrogen) atoms. The number of nitrogens with zero attached hydrogens (tertiary/aromatic N) is 1. The molecule has 23 heteroatoms. The number of amides is 5. The van der Waals surface area contributed by atoms with Gasteiger partial charge in [-0.2, -0.15) is 0 Å². The molecule has 0 saturated heterocycles. The predicted molar refractivity (Wildman–Crippen MR) is 275 cm³/mol. The van der Waals surface area contributed by atoms with Crippen LogP contribution in [-0.2, 0) is 98.6 Å². The van der Waals surface area contributed by atoms with Crippen LogP contribution in [0.15, 0.2) is 60.7 Å². The zero-order valence-electron chi connectivity index (χ0n) is 44.8. The van der Waals surface area contributed by atoms with Crippen LogP contribution in [0.5, 0.6) is 5.75 Å². The van der Waals surface area contributed by atoms with Gasteiger partial charge in [0.1, 0.15) is 37.1 Å². The van der Waals surface area contributed by atoms with Gasteiger partial charge >= 0.3 is 5.97 Å². The average molecular weight is 1080 g/mol. The van der Waals surface area contributed by atoms with E-state index in [-0.39, 0.29) is 19.6 Å². The molecule has 0 aromatic heterocycles. The second-order valence-corrected chi connectivity index (χ2v) is 17.1. The van der Waals surface area contributed by atoms with Crippen LogP contribution in [0, 0.1) is 5.92 Å². The summed E-state index contributed by atoms with van der Waals surface area (Å²) in [4.78, 5) is 78.0. The molecule has 3 rings (SSSR count). The maximum Gasteiger partial charge on any atom is 0.302 e. The van der Waals surface area contributed by atoms with Crippen LogP contribution in [0.4, 0.5) is 5.69 Å². The molecule has 0 bridgehead atoms. The molecule has 5 amide bonds. The van der Waals surface area contributed by atoms with E-state index in [0.717, 1.165) is 22.6 Å². The van der Waals surface area contributed by atoms with Gasteiger partial charge in [0.05, 0.1) is 139 Å². The predicted octanol–water partition coefficient (Wildman–Crippen LogP) is 2.06. The maximum absolute atomic E-state index is 13.9. The van der Waals surface area contributed by atoms with E-state index in [1.54, 1.807) is 69.5 Å². The van der Waals surface area contributed by atoms with E-state index in [0.29, 0.717) is 156 Å². The molecule has 1 aliphatic heterocycles. The number of hydrogen-bond acceptors (Lipinski definition) is 19. The Kier molecular flexibility index (Phi) is 34.8. The molecule has 3 atom stereocenters. The largest absolute Gasteiger partial charge is 0.491 e. The molecule has 2 aromatic rings. The van der Waals surface area contributed by atoms with Crippen LogP contribution in [0.25, 0.3) is 0 Å². The summed E-state index contributed by atoms with van der Waals surface area (Å²) >= 11 is 0. The molecule has 23 nitrogen and oxygen atoms in total. The molecule has 2 aromatic carbocycles. The van der Waals surface area contributed by atoms with Gasteiger partial charge in [-0.1, -0.05) is 38.1 Å². The normalized spacial score (nSPS) is 13.5. The molecule has 0 unspecified atom stereocenters. The number of methoxy groups -OCH3 is 1. The van der Waals surface area contributed by atoms with Gasteiger partial charge in [0.15, 0.2) is 0 Å². The van der Waals surface area contributed by atoms with Crippen molar-refractivity contribution in [2.75, 3.05) is 158 Å². The molecule has 0 saturated carbocycles. The summed E-state index contributed by atoms with van der Waals surface area (Å²) in [5, 5.41) is 8.07. The molecule has 3 N–H and O–H groups in total. The highest BCUT2D eigenvalue weighted by atomic mass is 16.6. The van der Waals surface area contributed by atoms with Gasteiger partial charge in [-0.15, -0.1) is 0 Å².